The van der Waals surface area contributed by atoms with Crippen LogP contribution in [0.1, 0.15) is 61.0 Å². The van der Waals surface area contributed by atoms with Gasteiger partial charge >= 0.3 is 6.03 Å². The molecule has 2 aromatic rings. The second kappa shape index (κ2) is 6.59. The van der Waals surface area contributed by atoms with E-state index >= 15 is 0 Å². The quantitative estimate of drug-likeness (QED) is 0.562. The highest BCUT2D eigenvalue weighted by Crippen LogP contribution is 2.60. The third kappa shape index (κ3) is 2.97. The smallest absolute Gasteiger partial charge is 0.318 e. The second-order valence-corrected chi connectivity index (χ2v) is 10.4. The van der Waals surface area contributed by atoms with Crippen molar-refractivity contribution >= 4 is 18.0 Å². The maximum Gasteiger partial charge on any atom is 0.326 e. The molecule has 2 heterocycles. The normalized spacial score (nSPS) is 32.6. The molecule has 0 unspecified atom stereocenters. The number of nitrogens with one attached hydrogen (secondary N) is 2. The van der Waals surface area contributed by atoms with Crippen molar-refractivity contribution in [1.29, 1.82) is 0 Å². The molecular weight excluding hydrogens is 386 g/mol. The summed E-state index contributed by atoms with van der Waals surface area (Å²) in [6.07, 6.45) is 10.3. The molecule has 5 fully saturated rings. The van der Waals surface area contributed by atoms with E-state index in [-0.39, 0.29) is 5.91 Å². The summed E-state index contributed by atoms with van der Waals surface area (Å²) in [5.41, 5.74) is 6.49. The molecule has 4 saturated carbocycles. The average Bonchev–Trinajstić information content (AvgIpc) is 3.18. The largest absolute Gasteiger partial charge is 0.326 e. The molecule has 0 radical (unpaired) electrons. The van der Waals surface area contributed by atoms with E-state index in [1.807, 2.05) is 0 Å². The number of nitrogens with zero attached hydrogens (tertiary/aromatic N) is 1. The van der Waals surface area contributed by atoms with Gasteiger partial charge in [0, 0.05) is 17.1 Å². The first-order valence-corrected chi connectivity index (χ1v) is 11.5. The fourth-order valence-electron chi connectivity index (χ4n) is 7.40. The third-order valence-corrected chi connectivity index (χ3v) is 8.27. The van der Waals surface area contributed by atoms with Crippen molar-refractivity contribution in [3.8, 4) is 5.69 Å². The van der Waals surface area contributed by atoms with Gasteiger partial charge < -0.3 is 9.88 Å². The van der Waals surface area contributed by atoms with E-state index < -0.39 is 6.03 Å². The first kappa shape index (κ1) is 18.9. The highest BCUT2D eigenvalue weighted by atomic mass is 16.2. The van der Waals surface area contributed by atoms with Crippen LogP contribution in [0.2, 0.25) is 0 Å². The Morgan fingerprint density at radius 2 is 1.55 bits per heavy atom. The summed E-state index contributed by atoms with van der Waals surface area (Å²) >= 11 is 0. The van der Waals surface area contributed by atoms with E-state index in [1.165, 1.54) is 44.1 Å². The number of aryl methyl sites for hydroxylation is 1. The summed E-state index contributed by atoms with van der Waals surface area (Å²) in [5.74, 6) is 2.46. The Balaban J connectivity index is 1.31. The molecule has 7 rings (SSSR count). The number of aromatic nitrogens is 1. The van der Waals surface area contributed by atoms with Gasteiger partial charge in [-0.3, -0.25) is 10.1 Å². The van der Waals surface area contributed by atoms with Crippen LogP contribution in [0.3, 0.4) is 0 Å². The first-order chi connectivity index (χ1) is 14.9. The highest BCUT2D eigenvalue weighted by molar-refractivity contribution is 6.14. The Labute approximate surface area is 182 Å². The van der Waals surface area contributed by atoms with Gasteiger partial charge in [-0.05, 0) is 111 Å². The van der Waals surface area contributed by atoms with Gasteiger partial charge in [-0.2, -0.15) is 0 Å². The second-order valence-electron chi connectivity index (χ2n) is 10.4. The summed E-state index contributed by atoms with van der Waals surface area (Å²) < 4.78 is 2.23. The molecule has 4 bridgehead atoms. The Morgan fingerprint density at radius 3 is 2.10 bits per heavy atom. The molecule has 0 spiro atoms. The standard InChI is InChI=1S/C26H29N3O2/c1-15-7-20(11-23-24(30)28-25(31)27-23)16(2)29(15)22-5-3-21(4-6-22)26-12-17-8-18(13-26)10-19(9-17)14-26/h3-7,11,17-19H,8-10,12-14H2,1-2H3,(H2,27,28,30,31)/b23-11-. The van der Waals surface area contributed by atoms with Gasteiger partial charge in [0.1, 0.15) is 5.70 Å². The molecular formula is C26H29N3O2. The van der Waals surface area contributed by atoms with Gasteiger partial charge in [0.15, 0.2) is 0 Å². The number of benzene rings is 1. The molecule has 5 heteroatoms. The van der Waals surface area contributed by atoms with Crippen LogP contribution in [0.5, 0.6) is 0 Å². The van der Waals surface area contributed by atoms with E-state index in [1.54, 1.807) is 6.08 Å². The zero-order valence-electron chi connectivity index (χ0n) is 18.2. The molecule has 31 heavy (non-hydrogen) atoms. The molecule has 5 aliphatic rings. The predicted octanol–water partition coefficient (Wildman–Crippen LogP) is 4.74. The van der Waals surface area contributed by atoms with Crippen LogP contribution in [0.25, 0.3) is 11.8 Å². The minimum absolute atomic E-state index is 0.294. The lowest BCUT2D eigenvalue weighted by molar-refractivity contribution is -0.115. The van der Waals surface area contributed by atoms with Crippen molar-refractivity contribution < 1.29 is 9.59 Å². The number of imide groups is 1. The Bertz CT molecular complexity index is 1090. The minimum atomic E-state index is -0.467. The lowest BCUT2D eigenvalue weighted by Crippen LogP contribution is -2.48. The molecule has 0 atom stereocenters. The summed E-state index contributed by atoms with van der Waals surface area (Å²) in [6, 6.07) is 10.8. The van der Waals surface area contributed by atoms with Crippen LogP contribution in [0.15, 0.2) is 36.0 Å². The molecule has 1 aromatic carbocycles. The van der Waals surface area contributed by atoms with Crippen LogP contribution in [0, 0.1) is 31.6 Å². The van der Waals surface area contributed by atoms with Gasteiger partial charge in [0.2, 0.25) is 0 Å². The molecule has 1 aromatic heterocycles. The highest BCUT2D eigenvalue weighted by Gasteiger charge is 2.51. The number of hydrogen-bond acceptors (Lipinski definition) is 2. The summed E-state index contributed by atoms with van der Waals surface area (Å²) in [4.78, 5) is 23.3. The fourth-order valence-corrected chi connectivity index (χ4v) is 7.40. The van der Waals surface area contributed by atoms with Crippen LogP contribution < -0.4 is 10.6 Å². The number of hydrogen-bond donors (Lipinski definition) is 2. The van der Waals surface area contributed by atoms with Crippen LogP contribution in [-0.4, -0.2) is 16.5 Å². The summed E-state index contributed by atoms with van der Waals surface area (Å²) in [7, 11) is 0. The van der Waals surface area contributed by atoms with Crippen molar-refractivity contribution in [2.24, 2.45) is 17.8 Å². The minimum Gasteiger partial charge on any atom is -0.318 e. The van der Waals surface area contributed by atoms with Crippen molar-refractivity contribution in [3.63, 3.8) is 0 Å². The monoisotopic (exact) mass is 415 g/mol. The van der Waals surface area contributed by atoms with E-state index in [9.17, 15) is 9.59 Å². The maximum atomic E-state index is 11.9. The zero-order valence-corrected chi connectivity index (χ0v) is 18.2. The third-order valence-electron chi connectivity index (χ3n) is 8.27. The van der Waals surface area contributed by atoms with E-state index in [0.29, 0.717) is 11.1 Å². The Morgan fingerprint density at radius 1 is 0.935 bits per heavy atom. The zero-order chi connectivity index (χ0) is 21.3. The van der Waals surface area contributed by atoms with Gasteiger partial charge in [0.05, 0.1) is 0 Å². The number of carbonyl (C=O) groups excluding carboxylic acids is 2. The molecule has 1 aliphatic heterocycles. The van der Waals surface area contributed by atoms with Crippen molar-refractivity contribution in [3.05, 3.63) is 58.5 Å². The van der Waals surface area contributed by atoms with Crippen molar-refractivity contribution in [2.45, 2.75) is 57.8 Å². The Hall–Kier alpha value is -2.82. The fraction of sp³-hybridized carbons (Fsp3) is 0.462. The number of urea groups is 1. The van der Waals surface area contributed by atoms with E-state index in [2.05, 4.69) is 59.4 Å². The SMILES string of the molecule is Cc1cc(/C=C2\NC(=O)NC2=O)c(C)n1-c1ccc(C23CC4CC(CC(C4)C2)C3)cc1. The van der Waals surface area contributed by atoms with Crippen LogP contribution >= 0.6 is 0 Å². The summed E-state index contributed by atoms with van der Waals surface area (Å²) in [5, 5.41) is 4.83. The molecule has 1 saturated heterocycles. The lowest BCUT2D eigenvalue weighted by Gasteiger charge is -2.57. The van der Waals surface area contributed by atoms with Crippen molar-refractivity contribution in [2.75, 3.05) is 0 Å². The van der Waals surface area contributed by atoms with Crippen LogP contribution in [0.4, 0.5) is 4.79 Å². The summed E-state index contributed by atoms with van der Waals surface area (Å²) in [6.45, 7) is 4.14. The molecule has 5 nitrogen and oxygen atoms in total. The van der Waals surface area contributed by atoms with E-state index in [0.717, 1.165) is 40.4 Å². The van der Waals surface area contributed by atoms with Gasteiger partial charge in [-0.25, -0.2) is 4.79 Å². The first-order valence-electron chi connectivity index (χ1n) is 11.5. The topological polar surface area (TPSA) is 63.1 Å². The molecule has 4 aliphatic carbocycles. The molecule has 160 valence electrons. The molecule has 2 N–H and O–H groups in total. The number of amides is 3. The van der Waals surface area contributed by atoms with Gasteiger partial charge in [0.25, 0.3) is 5.91 Å². The Kier molecular flexibility index (Phi) is 4.02. The van der Waals surface area contributed by atoms with E-state index in [4.69, 9.17) is 0 Å². The van der Waals surface area contributed by atoms with Gasteiger partial charge in [-0.1, -0.05) is 12.1 Å². The van der Waals surface area contributed by atoms with Crippen molar-refractivity contribution in [1.82, 2.24) is 15.2 Å². The average molecular weight is 416 g/mol. The maximum absolute atomic E-state index is 11.9. The van der Waals surface area contributed by atoms with Crippen LogP contribution in [-0.2, 0) is 10.2 Å². The molecule has 3 amide bonds. The number of carbonyl (C=O) groups is 2. The number of rotatable bonds is 3. The van der Waals surface area contributed by atoms with Gasteiger partial charge in [-0.15, -0.1) is 0 Å². The predicted molar refractivity (Wildman–Crippen MR) is 120 cm³/mol. The lowest BCUT2D eigenvalue weighted by atomic mass is 9.48.